The van der Waals surface area contributed by atoms with Crippen LogP contribution >= 0.6 is 0 Å². The highest BCUT2D eigenvalue weighted by Crippen LogP contribution is 2.25. The minimum Gasteiger partial charge on any atom is -0.465 e. The van der Waals surface area contributed by atoms with Gasteiger partial charge in [-0.1, -0.05) is 6.07 Å². The fraction of sp³-hybridized carbons (Fsp3) is 0.429. The van der Waals surface area contributed by atoms with E-state index in [1.54, 1.807) is 0 Å². The summed E-state index contributed by atoms with van der Waals surface area (Å²) < 4.78 is 27.1. The highest BCUT2D eigenvalue weighted by atomic mass is 19.2. The number of aryl methyl sites for hydroxylation is 1. The molecule has 108 valence electrons. The Morgan fingerprint density at radius 3 is 2.70 bits per heavy atom. The highest BCUT2D eigenvalue weighted by Gasteiger charge is 2.31. The highest BCUT2D eigenvalue weighted by molar-refractivity contribution is 5.99. The lowest BCUT2D eigenvalue weighted by Gasteiger charge is -2.30. The van der Waals surface area contributed by atoms with Gasteiger partial charge < -0.3 is 10.0 Å². The van der Waals surface area contributed by atoms with Crippen molar-refractivity contribution in [2.24, 2.45) is 5.92 Å². The zero-order valence-corrected chi connectivity index (χ0v) is 11.0. The van der Waals surface area contributed by atoms with E-state index in [1.165, 1.54) is 13.0 Å². The molecule has 1 aromatic carbocycles. The molecule has 4 nitrogen and oxygen atoms in total. The van der Waals surface area contributed by atoms with E-state index in [0.29, 0.717) is 24.9 Å². The molecule has 1 unspecified atom stereocenters. The van der Waals surface area contributed by atoms with E-state index in [4.69, 9.17) is 5.11 Å². The summed E-state index contributed by atoms with van der Waals surface area (Å²) >= 11 is 0. The lowest BCUT2D eigenvalue weighted by atomic mass is 9.88. The van der Waals surface area contributed by atoms with Crippen LogP contribution in [0.5, 0.6) is 0 Å². The monoisotopic (exact) mass is 283 g/mol. The number of carbonyl (C=O) groups excluding carboxylic acids is 1. The van der Waals surface area contributed by atoms with E-state index in [-0.39, 0.29) is 12.1 Å². The normalized spacial score (nSPS) is 18.9. The van der Waals surface area contributed by atoms with Crippen molar-refractivity contribution in [3.05, 3.63) is 34.9 Å². The number of nitrogens with zero attached hydrogens (tertiary/aromatic N) is 1. The van der Waals surface area contributed by atoms with Crippen molar-refractivity contribution in [2.75, 3.05) is 13.1 Å². The molecular weight excluding hydrogens is 268 g/mol. The second-order valence-electron chi connectivity index (χ2n) is 4.99. The topological polar surface area (TPSA) is 57.6 Å². The largest absolute Gasteiger partial charge is 0.465 e. The number of benzene rings is 1. The summed E-state index contributed by atoms with van der Waals surface area (Å²) in [6, 6.07) is 2.33. The van der Waals surface area contributed by atoms with Gasteiger partial charge >= 0.3 is 6.09 Å². The predicted octanol–water partition coefficient (Wildman–Crippen LogP) is 2.85. The Morgan fingerprint density at radius 2 is 2.05 bits per heavy atom. The van der Waals surface area contributed by atoms with Crippen LogP contribution in [-0.4, -0.2) is 35.0 Å². The van der Waals surface area contributed by atoms with Crippen molar-refractivity contribution < 1.29 is 23.5 Å². The first-order valence-corrected chi connectivity index (χ1v) is 6.38. The molecule has 0 aromatic heterocycles. The van der Waals surface area contributed by atoms with Crippen LogP contribution in [0.15, 0.2) is 12.1 Å². The number of likely N-dealkylation sites (tertiary alicyclic amines) is 1. The van der Waals surface area contributed by atoms with Crippen LogP contribution in [0.1, 0.15) is 28.8 Å². The Kier molecular flexibility index (Phi) is 4.01. The number of Topliss-reactive ketones (excluding diaryl/α,β-unsaturated/α-hetero) is 1. The molecule has 1 N–H and O–H groups in total. The maximum Gasteiger partial charge on any atom is 0.407 e. The number of hydrogen-bond donors (Lipinski definition) is 1. The molecule has 1 heterocycles. The Morgan fingerprint density at radius 1 is 1.35 bits per heavy atom. The lowest BCUT2D eigenvalue weighted by Crippen LogP contribution is -2.41. The van der Waals surface area contributed by atoms with Gasteiger partial charge in [-0.3, -0.25) is 4.79 Å². The standard InChI is InChI=1S/C14H15F2NO3/c1-8-4-5-10(15)12(16)11(8)13(18)9-3-2-6-17(7-9)14(19)20/h4-5,9H,2-3,6-7H2,1H3,(H,19,20). The molecule has 0 aliphatic carbocycles. The first-order chi connectivity index (χ1) is 9.41. The molecule has 1 saturated heterocycles. The molecule has 1 aliphatic rings. The van der Waals surface area contributed by atoms with Gasteiger partial charge in [0.25, 0.3) is 0 Å². The van der Waals surface area contributed by atoms with Gasteiger partial charge in [0.15, 0.2) is 17.4 Å². The molecule has 1 fully saturated rings. The van der Waals surface area contributed by atoms with E-state index in [0.717, 1.165) is 11.0 Å². The first-order valence-electron chi connectivity index (χ1n) is 6.38. The van der Waals surface area contributed by atoms with Gasteiger partial charge in [0.1, 0.15) is 0 Å². The Balaban J connectivity index is 2.28. The van der Waals surface area contributed by atoms with Gasteiger partial charge in [-0.2, -0.15) is 0 Å². The molecule has 2 rings (SSSR count). The summed E-state index contributed by atoms with van der Waals surface area (Å²) in [6.45, 7) is 1.93. The van der Waals surface area contributed by atoms with Gasteiger partial charge in [-0.25, -0.2) is 13.6 Å². The van der Waals surface area contributed by atoms with Crippen molar-refractivity contribution in [1.29, 1.82) is 0 Å². The van der Waals surface area contributed by atoms with E-state index < -0.39 is 29.4 Å². The summed E-state index contributed by atoms with van der Waals surface area (Å²) in [6.07, 6.45) is -0.0737. The zero-order valence-electron chi connectivity index (χ0n) is 11.0. The average molecular weight is 283 g/mol. The van der Waals surface area contributed by atoms with Crippen molar-refractivity contribution in [3.63, 3.8) is 0 Å². The molecule has 0 bridgehead atoms. The summed E-state index contributed by atoms with van der Waals surface area (Å²) in [5.74, 6) is -3.35. The van der Waals surface area contributed by atoms with Crippen LogP contribution < -0.4 is 0 Å². The number of carbonyl (C=O) groups is 2. The number of carboxylic acid groups (broad SMARTS) is 1. The number of piperidine rings is 1. The maximum atomic E-state index is 13.8. The van der Waals surface area contributed by atoms with Crippen molar-refractivity contribution in [3.8, 4) is 0 Å². The van der Waals surface area contributed by atoms with Crippen LogP contribution in [0.3, 0.4) is 0 Å². The summed E-state index contributed by atoms with van der Waals surface area (Å²) in [4.78, 5) is 24.4. The molecule has 1 aliphatic heterocycles. The molecule has 6 heteroatoms. The molecule has 1 atom stereocenters. The van der Waals surface area contributed by atoms with Gasteiger partial charge in [0.2, 0.25) is 0 Å². The third-order valence-electron chi connectivity index (χ3n) is 3.61. The lowest BCUT2D eigenvalue weighted by molar-refractivity contribution is 0.0801. The van der Waals surface area contributed by atoms with Crippen LogP contribution in [0.25, 0.3) is 0 Å². The number of halogens is 2. The van der Waals surface area contributed by atoms with Crippen LogP contribution in [-0.2, 0) is 0 Å². The van der Waals surface area contributed by atoms with E-state index in [2.05, 4.69) is 0 Å². The molecule has 0 saturated carbocycles. The number of amides is 1. The molecule has 1 aromatic rings. The predicted molar refractivity (Wildman–Crippen MR) is 67.7 cm³/mol. The fourth-order valence-electron chi connectivity index (χ4n) is 2.52. The SMILES string of the molecule is Cc1ccc(F)c(F)c1C(=O)C1CCCN(C(=O)O)C1. The van der Waals surface area contributed by atoms with Gasteiger partial charge in [-0.15, -0.1) is 0 Å². The van der Waals surface area contributed by atoms with Crippen LogP contribution in [0, 0.1) is 24.5 Å². The quantitative estimate of drug-likeness (QED) is 0.849. The van der Waals surface area contributed by atoms with Crippen LogP contribution in [0.4, 0.5) is 13.6 Å². The summed E-state index contributed by atoms with van der Waals surface area (Å²) in [5, 5.41) is 8.94. The van der Waals surface area contributed by atoms with Crippen LogP contribution in [0.2, 0.25) is 0 Å². The molecule has 20 heavy (non-hydrogen) atoms. The smallest absolute Gasteiger partial charge is 0.407 e. The molecular formula is C14H15F2NO3. The molecule has 0 radical (unpaired) electrons. The fourth-order valence-corrected chi connectivity index (χ4v) is 2.52. The Labute approximate surface area is 115 Å². The van der Waals surface area contributed by atoms with Crippen molar-refractivity contribution in [1.82, 2.24) is 4.90 Å². The first kappa shape index (κ1) is 14.4. The van der Waals surface area contributed by atoms with E-state index in [1.807, 2.05) is 0 Å². The number of ketones is 1. The zero-order chi connectivity index (χ0) is 14.9. The summed E-state index contributed by atoms with van der Waals surface area (Å²) in [5.41, 5.74) is 0.101. The third kappa shape index (κ3) is 2.64. The van der Waals surface area contributed by atoms with Gasteiger partial charge in [0, 0.05) is 19.0 Å². The summed E-state index contributed by atoms with van der Waals surface area (Å²) in [7, 11) is 0. The van der Waals surface area contributed by atoms with Gasteiger partial charge in [0.05, 0.1) is 5.56 Å². The minimum absolute atomic E-state index is 0.0313. The second kappa shape index (κ2) is 5.56. The van der Waals surface area contributed by atoms with E-state index in [9.17, 15) is 18.4 Å². The van der Waals surface area contributed by atoms with Crippen molar-refractivity contribution >= 4 is 11.9 Å². The van der Waals surface area contributed by atoms with E-state index >= 15 is 0 Å². The minimum atomic E-state index is -1.15. The Hall–Kier alpha value is -1.98. The average Bonchev–Trinajstić information content (AvgIpc) is 2.43. The molecule has 0 spiro atoms. The number of hydrogen-bond acceptors (Lipinski definition) is 2. The van der Waals surface area contributed by atoms with Gasteiger partial charge in [-0.05, 0) is 31.4 Å². The number of rotatable bonds is 2. The Bertz CT molecular complexity index is 560. The maximum absolute atomic E-state index is 13.8. The van der Waals surface area contributed by atoms with Crippen molar-refractivity contribution in [2.45, 2.75) is 19.8 Å². The third-order valence-corrected chi connectivity index (χ3v) is 3.61. The molecule has 1 amide bonds. The second-order valence-corrected chi connectivity index (χ2v) is 4.99.